The molecule has 1 saturated carbocycles. The fraction of sp³-hybridized carbons (Fsp3) is 0.346. The molecule has 0 aromatic heterocycles. The van der Waals surface area contributed by atoms with E-state index in [1.54, 1.807) is 36.4 Å². The number of nitrogens with one attached hydrogen (secondary N) is 4. The van der Waals surface area contributed by atoms with Gasteiger partial charge in [-0.2, -0.15) is 0 Å². The molecule has 6 N–H and O–H groups in total. The van der Waals surface area contributed by atoms with Crippen molar-refractivity contribution >= 4 is 23.4 Å². The average Bonchev–Trinajstić information content (AvgIpc) is 3.39. The Kier molecular flexibility index (Phi) is 9.38. The minimum Gasteiger partial charge on any atom is -0.391 e. The fourth-order valence-electron chi connectivity index (χ4n) is 3.76. The van der Waals surface area contributed by atoms with Gasteiger partial charge < -0.3 is 21.1 Å². The molecule has 1 fully saturated rings. The summed E-state index contributed by atoms with van der Waals surface area (Å²) >= 11 is 0. The van der Waals surface area contributed by atoms with Crippen molar-refractivity contribution in [3.8, 4) is 11.8 Å². The Morgan fingerprint density at radius 1 is 0.971 bits per heavy atom. The highest BCUT2D eigenvalue weighted by molar-refractivity contribution is 5.97. The number of rotatable bonds is 8. The molecule has 2 aromatic rings. The summed E-state index contributed by atoms with van der Waals surface area (Å²) in [6, 6.07) is 12.8. The summed E-state index contributed by atoms with van der Waals surface area (Å²) in [5, 5.41) is 26.9. The van der Waals surface area contributed by atoms with Gasteiger partial charge in [0, 0.05) is 28.4 Å². The van der Waals surface area contributed by atoms with Crippen LogP contribution in [0.5, 0.6) is 0 Å². The minimum absolute atomic E-state index is 0.0726. The van der Waals surface area contributed by atoms with Crippen molar-refractivity contribution in [2.75, 3.05) is 11.9 Å². The smallest absolute Gasteiger partial charge is 0.268 e. The summed E-state index contributed by atoms with van der Waals surface area (Å²) in [4.78, 5) is 36.0. The lowest BCUT2D eigenvalue weighted by Crippen LogP contribution is -2.51. The number of anilines is 1. The molecule has 1 aliphatic rings. The maximum Gasteiger partial charge on any atom is 0.268 e. The van der Waals surface area contributed by atoms with Crippen molar-refractivity contribution in [2.24, 2.45) is 0 Å². The van der Waals surface area contributed by atoms with Crippen molar-refractivity contribution in [2.45, 2.75) is 50.8 Å². The normalized spacial score (nSPS) is 14.8. The van der Waals surface area contributed by atoms with Gasteiger partial charge in [0.15, 0.2) is 0 Å². The van der Waals surface area contributed by atoms with Crippen molar-refractivity contribution in [1.29, 1.82) is 0 Å². The highest BCUT2D eigenvalue weighted by Gasteiger charge is 2.25. The van der Waals surface area contributed by atoms with Crippen LogP contribution in [0.4, 0.5) is 5.69 Å². The Balaban J connectivity index is 1.52. The van der Waals surface area contributed by atoms with Crippen LogP contribution in [0.25, 0.3) is 0 Å². The number of hydrogen-bond acceptors (Lipinski definition) is 6. The SMILES string of the molecule is C[C@@H](O)[C@H](NC(=O)c1ccc(C#Cc2ccc(NC(=O)CNC3CCCC3)cc2)cc1)C(=O)NO. The Hall–Kier alpha value is -3.71. The predicted molar refractivity (Wildman–Crippen MR) is 131 cm³/mol. The fourth-order valence-corrected chi connectivity index (χ4v) is 3.76. The van der Waals surface area contributed by atoms with Gasteiger partial charge in [0.25, 0.3) is 11.8 Å². The molecular weight excluding hydrogens is 448 g/mol. The van der Waals surface area contributed by atoms with Crippen molar-refractivity contribution < 1.29 is 24.7 Å². The van der Waals surface area contributed by atoms with E-state index in [1.807, 2.05) is 12.1 Å². The van der Waals surface area contributed by atoms with Gasteiger partial charge in [0.05, 0.1) is 12.6 Å². The lowest BCUT2D eigenvalue weighted by atomic mass is 10.1. The van der Waals surface area contributed by atoms with Crippen LogP contribution < -0.4 is 21.4 Å². The average molecular weight is 479 g/mol. The second-order valence-corrected chi connectivity index (χ2v) is 8.48. The first-order valence-electron chi connectivity index (χ1n) is 11.5. The zero-order valence-corrected chi connectivity index (χ0v) is 19.5. The lowest BCUT2D eigenvalue weighted by Gasteiger charge is -2.19. The highest BCUT2D eigenvalue weighted by atomic mass is 16.5. The van der Waals surface area contributed by atoms with Gasteiger partial charge in [-0.25, -0.2) is 5.48 Å². The van der Waals surface area contributed by atoms with Crippen LogP contribution >= 0.6 is 0 Å². The number of benzene rings is 2. The van der Waals surface area contributed by atoms with Gasteiger partial charge in [-0.05, 0) is 68.3 Å². The van der Waals surface area contributed by atoms with E-state index >= 15 is 0 Å². The zero-order chi connectivity index (χ0) is 25.2. The van der Waals surface area contributed by atoms with Gasteiger partial charge in [0.1, 0.15) is 6.04 Å². The number of aliphatic hydroxyl groups excluding tert-OH is 1. The highest BCUT2D eigenvalue weighted by Crippen LogP contribution is 2.17. The molecule has 35 heavy (non-hydrogen) atoms. The zero-order valence-electron chi connectivity index (χ0n) is 19.5. The first-order chi connectivity index (χ1) is 16.9. The molecule has 0 unspecified atom stereocenters. The molecule has 0 bridgehead atoms. The maximum atomic E-state index is 12.3. The van der Waals surface area contributed by atoms with Crippen LogP contribution in [0, 0.1) is 11.8 Å². The van der Waals surface area contributed by atoms with E-state index in [0.29, 0.717) is 23.8 Å². The van der Waals surface area contributed by atoms with Crippen LogP contribution in [0.1, 0.15) is 54.1 Å². The van der Waals surface area contributed by atoms with E-state index in [2.05, 4.69) is 27.8 Å². The summed E-state index contributed by atoms with van der Waals surface area (Å²) in [5.41, 5.74) is 3.84. The van der Waals surface area contributed by atoms with E-state index in [-0.39, 0.29) is 11.5 Å². The molecule has 184 valence electrons. The summed E-state index contributed by atoms with van der Waals surface area (Å²) in [6.07, 6.45) is 3.51. The van der Waals surface area contributed by atoms with E-state index in [0.717, 1.165) is 18.4 Å². The molecule has 9 heteroatoms. The number of carbonyl (C=O) groups is 3. The monoisotopic (exact) mass is 478 g/mol. The Labute approximate surface area is 204 Å². The molecule has 0 heterocycles. The largest absolute Gasteiger partial charge is 0.391 e. The molecule has 3 amide bonds. The molecule has 0 spiro atoms. The van der Waals surface area contributed by atoms with Crippen LogP contribution in [0.15, 0.2) is 48.5 Å². The van der Waals surface area contributed by atoms with Crippen LogP contribution in [0.2, 0.25) is 0 Å². The molecule has 0 radical (unpaired) electrons. The van der Waals surface area contributed by atoms with Crippen molar-refractivity contribution in [3.63, 3.8) is 0 Å². The molecule has 9 nitrogen and oxygen atoms in total. The van der Waals surface area contributed by atoms with Gasteiger partial charge in [0.2, 0.25) is 5.91 Å². The van der Waals surface area contributed by atoms with Crippen molar-refractivity contribution in [1.82, 2.24) is 16.1 Å². The number of hydroxylamine groups is 1. The second kappa shape index (κ2) is 12.7. The molecule has 3 rings (SSSR count). The number of aliphatic hydroxyl groups is 1. The minimum atomic E-state index is -1.29. The lowest BCUT2D eigenvalue weighted by molar-refractivity contribution is -0.133. The maximum absolute atomic E-state index is 12.3. The van der Waals surface area contributed by atoms with Crippen LogP contribution in [-0.4, -0.2) is 52.8 Å². The topological polar surface area (TPSA) is 140 Å². The molecule has 2 aromatic carbocycles. The van der Waals surface area contributed by atoms with E-state index < -0.39 is 24.0 Å². The van der Waals surface area contributed by atoms with Gasteiger partial charge in [-0.15, -0.1) is 0 Å². The first-order valence-corrected chi connectivity index (χ1v) is 11.5. The number of hydrogen-bond donors (Lipinski definition) is 6. The van der Waals surface area contributed by atoms with Gasteiger partial charge in [-0.1, -0.05) is 24.7 Å². The quantitative estimate of drug-likeness (QED) is 0.193. The predicted octanol–water partition coefficient (Wildman–Crippen LogP) is 1.54. The molecule has 0 saturated heterocycles. The molecule has 2 atom stereocenters. The second-order valence-electron chi connectivity index (χ2n) is 8.48. The first kappa shape index (κ1) is 25.9. The Morgan fingerprint density at radius 3 is 2.09 bits per heavy atom. The number of amides is 3. The Bertz CT molecular complexity index is 1080. The molecule has 1 aliphatic carbocycles. The molecule has 0 aliphatic heterocycles. The van der Waals surface area contributed by atoms with E-state index in [4.69, 9.17) is 5.21 Å². The third-order valence-corrected chi connectivity index (χ3v) is 5.74. The van der Waals surface area contributed by atoms with E-state index in [9.17, 15) is 19.5 Å². The third kappa shape index (κ3) is 7.93. The summed E-state index contributed by atoms with van der Waals surface area (Å²) in [6.45, 7) is 1.63. The summed E-state index contributed by atoms with van der Waals surface area (Å²) < 4.78 is 0. The van der Waals surface area contributed by atoms with Crippen molar-refractivity contribution in [3.05, 3.63) is 65.2 Å². The van der Waals surface area contributed by atoms with Gasteiger partial charge in [-0.3, -0.25) is 19.6 Å². The van der Waals surface area contributed by atoms with Crippen LogP contribution in [0.3, 0.4) is 0 Å². The number of carbonyl (C=O) groups excluding carboxylic acids is 3. The summed E-state index contributed by atoms with van der Waals surface area (Å²) in [7, 11) is 0. The summed E-state index contributed by atoms with van der Waals surface area (Å²) in [5.74, 6) is 4.48. The molecular formula is C26H30N4O5. The van der Waals surface area contributed by atoms with Gasteiger partial charge >= 0.3 is 0 Å². The van der Waals surface area contributed by atoms with E-state index in [1.165, 1.54) is 25.2 Å². The standard InChI is InChI=1S/C26H30N4O5/c1-17(31)24(26(34)30-35)29-25(33)20-12-8-18(9-13-20)6-7-19-10-14-22(15-11-19)28-23(32)16-27-21-4-2-3-5-21/h8-15,17,21,24,27,31,35H,2-5,16H2,1H3,(H,28,32)(H,29,33)(H,30,34)/t17-,24+/m1/s1. The van der Waals surface area contributed by atoms with Crippen LogP contribution in [-0.2, 0) is 9.59 Å². The third-order valence-electron chi connectivity index (χ3n) is 5.74. The Morgan fingerprint density at radius 2 is 1.54 bits per heavy atom.